The lowest BCUT2D eigenvalue weighted by molar-refractivity contribution is 0.323. The molecule has 0 amide bonds. The smallest absolute Gasteiger partial charge is 0.233 e. The fraction of sp³-hybridized carbons (Fsp3) is 0.353. The van der Waals surface area contributed by atoms with Crippen LogP contribution < -0.4 is 0 Å². The zero-order chi connectivity index (χ0) is 16.2. The topological polar surface area (TPSA) is 26.5 Å². The van der Waals surface area contributed by atoms with Crippen LogP contribution in [0.15, 0.2) is 41.5 Å². The van der Waals surface area contributed by atoms with Crippen molar-refractivity contribution in [2.24, 2.45) is 4.99 Å². The van der Waals surface area contributed by atoms with Gasteiger partial charge in [0, 0.05) is 22.5 Å². The van der Waals surface area contributed by atoms with Crippen LogP contribution in [-0.2, 0) is 11.3 Å². The van der Waals surface area contributed by atoms with Gasteiger partial charge in [0.2, 0.25) is 5.90 Å². The Bertz CT molecular complexity index is 696. The predicted octanol–water partition coefficient (Wildman–Crippen LogP) is 4.23. The number of rotatable bonds is 6. The van der Waals surface area contributed by atoms with E-state index in [0.717, 1.165) is 17.2 Å². The number of hydrogen-bond acceptors (Lipinski definition) is 3. The zero-order valence-electron chi connectivity index (χ0n) is 12.8. The molecule has 3 nitrogen and oxygen atoms in total. The summed E-state index contributed by atoms with van der Waals surface area (Å²) in [5.74, 6) is 2.36. The molecule has 6 heteroatoms. The first-order chi connectivity index (χ1) is 11.2. The van der Waals surface area contributed by atoms with Crippen molar-refractivity contribution in [1.82, 2.24) is 4.57 Å². The minimum Gasteiger partial charge on any atom is -0.474 e. The molecule has 0 N–H and O–H groups in total. The molecule has 3 rings (SSSR count). The van der Waals surface area contributed by atoms with Gasteiger partial charge in [-0.25, -0.2) is 9.38 Å². The molecule has 1 aromatic heterocycles. The third-order valence-electron chi connectivity index (χ3n) is 3.67. The molecule has 1 unspecified atom stereocenters. The molecule has 0 saturated carbocycles. The van der Waals surface area contributed by atoms with Gasteiger partial charge >= 0.3 is 0 Å². The zero-order valence-corrected chi connectivity index (χ0v) is 14.4. The normalized spacial score (nSPS) is 17.2. The fourth-order valence-corrected chi connectivity index (χ4v) is 3.40. The molecule has 1 aromatic carbocycles. The Morgan fingerprint density at radius 1 is 1.39 bits per heavy atom. The monoisotopic (exact) mass is 352 g/mol. The summed E-state index contributed by atoms with van der Waals surface area (Å²) >= 11 is 7.98. The van der Waals surface area contributed by atoms with Crippen molar-refractivity contribution >= 4 is 29.3 Å². The summed E-state index contributed by atoms with van der Waals surface area (Å²) in [6.45, 7) is 3.09. The maximum atomic E-state index is 14.0. The molecule has 2 aromatic rings. The Hall–Kier alpha value is -1.46. The molecule has 122 valence electrons. The number of aromatic nitrogens is 1. The lowest BCUT2D eigenvalue weighted by Gasteiger charge is -2.11. The van der Waals surface area contributed by atoms with Crippen molar-refractivity contribution in [2.75, 3.05) is 18.1 Å². The quantitative estimate of drug-likeness (QED) is 0.777. The van der Waals surface area contributed by atoms with Crippen LogP contribution in [0.25, 0.3) is 0 Å². The number of nitrogens with zero attached hydrogens (tertiary/aromatic N) is 2. The molecule has 0 radical (unpaired) electrons. The number of hydrogen-bond donors (Lipinski definition) is 0. The minimum absolute atomic E-state index is 0.190. The van der Waals surface area contributed by atoms with Gasteiger partial charge in [-0.3, -0.25) is 0 Å². The van der Waals surface area contributed by atoms with E-state index in [2.05, 4.69) is 11.9 Å². The average molecular weight is 353 g/mol. The summed E-state index contributed by atoms with van der Waals surface area (Å²) in [4.78, 5) is 4.64. The van der Waals surface area contributed by atoms with Crippen molar-refractivity contribution in [3.63, 3.8) is 0 Å². The summed E-state index contributed by atoms with van der Waals surface area (Å²) in [7, 11) is 0. The molecule has 1 aliphatic heterocycles. The number of thioether (sulfide) groups is 1. The van der Waals surface area contributed by atoms with Crippen LogP contribution in [0.2, 0.25) is 5.02 Å². The highest BCUT2D eigenvalue weighted by molar-refractivity contribution is 7.99. The van der Waals surface area contributed by atoms with Crippen molar-refractivity contribution in [3.05, 3.63) is 58.6 Å². The van der Waals surface area contributed by atoms with Gasteiger partial charge in [-0.15, -0.1) is 0 Å². The Morgan fingerprint density at radius 3 is 3.04 bits per heavy atom. The molecule has 2 heterocycles. The van der Waals surface area contributed by atoms with E-state index in [1.165, 1.54) is 6.07 Å². The van der Waals surface area contributed by atoms with Crippen molar-refractivity contribution in [2.45, 2.75) is 19.5 Å². The molecule has 0 fully saturated rings. The van der Waals surface area contributed by atoms with E-state index >= 15 is 0 Å². The fourth-order valence-electron chi connectivity index (χ4n) is 2.49. The van der Waals surface area contributed by atoms with E-state index in [9.17, 15) is 4.39 Å². The summed E-state index contributed by atoms with van der Waals surface area (Å²) in [5, 5.41) is 0.427. The largest absolute Gasteiger partial charge is 0.474 e. The molecule has 0 aliphatic carbocycles. The lowest BCUT2D eigenvalue weighted by atomic mass is 10.2. The van der Waals surface area contributed by atoms with Gasteiger partial charge in [-0.05, 0) is 30.0 Å². The second-order valence-electron chi connectivity index (χ2n) is 5.28. The first kappa shape index (κ1) is 16.4. The number of benzene rings is 1. The summed E-state index contributed by atoms with van der Waals surface area (Å²) in [5.41, 5.74) is 1.33. The highest BCUT2D eigenvalue weighted by Crippen LogP contribution is 2.22. The average Bonchev–Trinajstić information content (AvgIpc) is 3.17. The molecule has 1 atom stereocenters. The molecule has 1 aliphatic rings. The second kappa shape index (κ2) is 7.41. The number of aliphatic imine (C=N–C) groups is 1. The maximum Gasteiger partial charge on any atom is 0.233 e. The van der Waals surface area contributed by atoms with E-state index in [1.54, 1.807) is 12.1 Å². The number of ether oxygens (including phenoxy) is 1. The molecular weight excluding hydrogens is 335 g/mol. The summed E-state index contributed by atoms with van der Waals surface area (Å²) in [6.07, 6.45) is 1.89. The van der Waals surface area contributed by atoms with Gasteiger partial charge in [-0.2, -0.15) is 11.8 Å². The molecule has 23 heavy (non-hydrogen) atoms. The van der Waals surface area contributed by atoms with Crippen molar-refractivity contribution < 1.29 is 9.13 Å². The lowest BCUT2D eigenvalue weighted by Crippen LogP contribution is -2.11. The Morgan fingerprint density at radius 2 is 2.26 bits per heavy atom. The van der Waals surface area contributed by atoms with Crippen LogP contribution >= 0.6 is 23.4 Å². The van der Waals surface area contributed by atoms with E-state index < -0.39 is 0 Å². The second-order valence-corrected chi connectivity index (χ2v) is 7.01. The van der Waals surface area contributed by atoms with Crippen molar-refractivity contribution in [3.8, 4) is 0 Å². The van der Waals surface area contributed by atoms with E-state index in [0.29, 0.717) is 29.6 Å². The van der Waals surface area contributed by atoms with Gasteiger partial charge in [0.05, 0.1) is 12.6 Å². The van der Waals surface area contributed by atoms with Crippen LogP contribution in [-0.4, -0.2) is 34.6 Å². The van der Waals surface area contributed by atoms with Crippen LogP contribution in [0.3, 0.4) is 0 Å². The Balaban J connectivity index is 1.81. The molecular formula is C17H18ClFN2OS. The third-order valence-corrected chi connectivity index (χ3v) is 5.05. The minimum atomic E-state index is -0.302. The highest BCUT2D eigenvalue weighted by Gasteiger charge is 2.22. The summed E-state index contributed by atoms with van der Waals surface area (Å²) < 4.78 is 21.6. The van der Waals surface area contributed by atoms with Crippen LogP contribution in [0.4, 0.5) is 4.39 Å². The first-order valence-corrected chi connectivity index (χ1v) is 9.09. The molecule has 0 saturated heterocycles. The van der Waals surface area contributed by atoms with Gasteiger partial charge in [0.15, 0.2) is 0 Å². The van der Waals surface area contributed by atoms with Crippen LogP contribution in [0.5, 0.6) is 0 Å². The SMILES string of the molecule is CCSCC1COC(c2cccn2Cc2c(F)cccc2Cl)=N1. The summed E-state index contributed by atoms with van der Waals surface area (Å²) in [6, 6.07) is 8.76. The third kappa shape index (κ3) is 3.72. The van der Waals surface area contributed by atoms with E-state index in [1.807, 2.05) is 34.7 Å². The van der Waals surface area contributed by atoms with Gasteiger partial charge in [-0.1, -0.05) is 24.6 Å². The molecule has 0 bridgehead atoms. The van der Waals surface area contributed by atoms with Gasteiger partial charge in [0.25, 0.3) is 0 Å². The first-order valence-electron chi connectivity index (χ1n) is 7.55. The van der Waals surface area contributed by atoms with Gasteiger partial charge in [0.1, 0.15) is 18.1 Å². The van der Waals surface area contributed by atoms with Crippen molar-refractivity contribution in [1.29, 1.82) is 0 Å². The number of halogens is 2. The van der Waals surface area contributed by atoms with Crippen LogP contribution in [0.1, 0.15) is 18.2 Å². The molecule has 0 spiro atoms. The predicted molar refractivity (Wildman–Crippen MR) is 94.2 cm³/mol. The van der Waals surface area contributed by atoms with E-state index in [4.69, 9.17) is 16.3 Å². The van der Waals surface area contributed by atoms with Gasteiger partial charge < -0.3 is 9.30 Å². The highest BCUT2D eigenvalue weighted by atomic mass is 35.5. The standard InChI is InChI=1S/C17H18ClFN2OS/c1-2-23-11-12-10-22-17(20-12)16-7-4-8-21(16)9-13-14(18)5-3-6-15(13)19/h3-8,12H,2,9-11H2,1H3. The maximum absolute atomic E-state index is 14.0. The Labute approximate surface area is 144 Å². The Kier molecular flexibility index (Phi) is 5.28. The van der Waals surface area contributed by atoms with E-state index in [-0.39, 0.29) is 11.9 Å². The van der Waals surface area contributed by atoms with Crippen LogP contribution in [0, 0.1) is 5.82 Å².